The minimum atomic E-state index is 0.0257. The van der Waals surface area contributed by atoms with E-state index in [4.69, 9.17) is 0 Å². The highest BCUT2D eigenvalue weighted by atomic mass is 16.2. The molecule has 0 aliphatic carbocycles. The van der Waals surface area contributed by atoms with E-state index in [-0.39, 0.29) is 11.9 Å². The first-order valence-electron chi connectivity index (χ1n) is 8.31. The molecule has 1 fully saturated rings. The van der Waals surface area contributed by atoms with Crippen LogP contribution < -0.4 is 10.2 Å². The highest BCUT2D eigenvalue weighted by molar-refractivity contribution is 5.78. The first-order valence-corrected chi connectivity index (χ1v) is 8.31. The van der Waals surface area contributed by atoms with Crippen molar-refractivity contribution in [2.45, 2.75) is 13.0 Å². The maximum atomic E-state index is 12.3. The molecule has 1 aliphatic rings. The van der Waals surface area contributed by atoms with Crippen molar-refractivity contribution in [3.63, 3.8) is 0 Å². The third kappa shape index (κ3) is 4.29. The van der Waals surface area contributed by atoms with Crippen LogP contribution >= 0.6 is 0 Å². The number of aromatic nitrogens is 2. The summed E-state index contributed by atoms with van der Waals surface area (Å²) in [7, 11) is 0. The first-order chi connectivity index (χ1) is 11.7. The average Bonchev–Trinajstić information content (AvgIpc) is 2.64. The van der Waals surface area contributed by atoms with Crippen LogP contribution in [0, 0.1) is 0 Å². The predicted molar refractivity (Wildman–Crippen MR) is 93.7 cm³/mol. The van der Waals surface area contributed by atoms with Crippen molar-refractivity contribution < 1.29 is 4.79 Å². The van der Waals surface area contributed by atoms with Gasteiger partial charge in [-0.05, 0) is 18.6 Å². The Kier molecular flexibility index (Phi) is 5.38. The molecule has 24 heavy (non-hydrogen) atoms. The Labute approximate surface area is 142 Å². The zero-order valence-electron chi connectivity index (χ0n) is 13.9. The van der Waals surface area contributed by atoms with Gasteiger partial charge in [0.25, 0.3) is 0 Å². The number of carbonyl (C=O) groups is 1. The van der Waals surface area contributed by atoms with Crippen LogP contribution in [-0.4, -0.2) is 53.5 Å². The molecule has 0 unspecified atom stereocenters. The summed E-state index contributed by atoms with van der Waals surface area (Å²) in [4.78, 5) is 25.1. The van der Waals surface area contributed by atoms with Crippen molar-refractivity contribution in [2.24, 2.45) is 0 Å². The lowest BCUT2D eigenvalue weighted by molar-refractivity contribution is -0.123. The third-order valence-corrected chi connectivity index (χ3v) is 4.25. The van der Waals surface area contributed by atoms with E-state index in [1.807, 2.05) is 43.3 Å². The Morgan fingerprint density at radius 1 is 1.08 bits per heavy atom. The van der Waals surface area contributed by atoms with Crippen LogP contribution in [0.1, 0.15) is 18.5 Å². The summed E-state index contributed by atoms with van der Waals surface area (Å²) >= 11 is 0. The fraction of sp³-hybridized carbons (Fsp3) is 0.389. The Morgan fingerprint density at radius 3 is 2.42 bits per heavy atom. The van der Waals surface area contributed by atoms with Crippen molar-refractivity contribution >= 4 is 11.9 Å². The Bertz CT molecular complexity index is 641. The molecule has 1 atom stereocenters. The minimum Gasteiger partial charge on any atom is -0.348 e. The Hall–Kier alpha value is -2.47. The minimum absolute atomic E-state index is 0.0257. The maximum Gasteiger partial charge on any atom is 0.234 e. The number of nitrogens with zero attached hydrogens (tertiary/aromatic N) is 4. The molecule has 0 bridgehead atoms. The molecule has 1 saturated heterocycles. The van der Waals surface area contributed by atoms with Gasteiger partial charge >= 0.3 is 0 Å². The van der Waals surface area contributed by atoms with Gasteiger partial charge in [0, 0.05) is 38.6 Å². The van der Waals surface area contributed by atoms with Gasteiger partial charge in [-0.3, -0.25) is 9.69 Å². The van der Waals surface area contributed by atoms with E-state index in [1.54, 1.807) is 12.4 Å². The smallest absolute Gasteiger partial charge is 0.234 e. The van der Waals surface area contributed by atoms with Gasteiger partial charge in [0.2, 0.25) is 11.9 Å². The van der Waals surface area contributed by atoms with E-state index >= 15 is 0 Å². The van der Waals surface area contributed by atoms with Crippen LogP contribution in [0.15, 0.2) is 48.8 Å². The molecule has 1 N–H and O–H groups in total. The highest BCUT2D eigenvalue weighted by Gasteiger charge is 2.21. The Balaban J connectivity index is 1.45. The molecular formula is C18H23N5O. The predicted octanol–water partition coefficient (Wildman–Crippen LogP) is 1.48. The number of piperazine rings is 1. The molecule has 3 rings (SSSR count). The summed E-state index contributed by atoms with van der Waals surface area (Å²) in [6, 6.07) is 11.9. The van der Waals surface area contributed by atoms with Gasteiger partial charge in [-0.15, -0.1) is 0 Å². The summed E-state index contributed by atoms with van der Waals surface area (Å²) in [6.07, 6.45) is 3.51. The van der Waals surface area contributed by atoms with Crippen molar-refractivity contribution in [1.29, 1.82) is 0 Å². The summed E-state index contributed by atoms with van der Waals surface area (Å²) < 4.78 is 0. The molecule has 0 spiro atoms. The number of amides is 1. The zero-order chi connectivity index (χ0) is 16.8. The maximum absolute atomic E-state index is 12.3. The van der Waals surface area contributed by atoms with Gasteiger partial charge in [-0.1, -0.05) is 30.3 Å². The van der Waals surface area contributed by atoms with Crippen LogP contribution in [0.25, 0.3) is 0 Å². The topological polar surface area (TPSA) is 61.4 Å². The molecule has 1 aromatic carbocycles. The molecule has 1 aliphatic heterocycles. The fourth-order valence-corrected chi connectivity index (χ4v) is 2.88. The average molecular weight is 325 g/mol. The van der Waals surface area contributed by atoms with Crippen LogP contribution in [0.2, 0.25) is 0 Å². The molecule has 0 saturated carbocycles. The summed E-state index contributed by atoms with van der Waals surface area (Å²) in [5.74, 6) is 0.829. The van der Waals surface area contributed by atoms with E-state index in [0.717, 1.165) is 37.7 Å². The quantitative estimate of drug-likeness (QED) is 0.902. The standard InChI is InChI=1S/C18H23N5O/c1-15(16-6-3-2-4-7-16)21-17(24)14-22-10-12-23(13-11-22)18-19-8-5-9-20-18/h2-9,15H,10-14H2,1H3,(H,21,24)/t15-/m0/s1. The SMILES string of the molecule is C[C@H](NC(=O)CN1CCN(c2ncccn2)CC1)c1ccccc1. The molecule has 126 valence electrons. The molecule has 2 aromatic rings. The number of carbonyl (C=O) groups excluding carboxylic acids is 1. The third-order valence-electron chi connectivity index (χ3n) is 4.25. The van der Waals surface area contributed by atoms with E-state index in [2.05, 4.69) is 25.1 Å². The second-order valence-electron chi connectivity index (χ2n) is 6.01. The number of hydrogen-bond donors (Lipinski definition) is 1. The molecule has 6 nitrogen and oxygen atoms in total. The normalized spacial score (nSPS) is 16.6. The van der Waals surface area contributed by atoms with Crippen LogP contribution in [-0.2, 0) is 4.79 Å². The van der Waals surface area contributed by atoms with Gasteiger partial charge in [0.05, 0.1) is 12.6 Å². The molecule has 2 heterocycles. The summed E-state index contributed by atoms with van der Waals surface area (Å²) in [6.45, 7) is 5.80. The van der Waals surface area contributed by atoms with Gasteiger partial charge in [-0.2, -0.15) is 0 Å². The van der Waals surface area contributed by atoms with Crippen molar-refractivity contribution in [1.82, 2.24) is 20.2 Å². The van der Waals surface area contributed by atoms with E-state index in [9.17, 15) is 4.79 Å². The largest absolute Gasteiger partial charge is 0.348 e. The van der Waals surface area contributed by atoms with Gasteiger partial charge in [0.15, 0.2) is 0 Å². The first kappa shape index (κ1) is 16.4. The lowest BCUT2D eigenvalue weighted by Crippen LogP contribution is -2.50. The van der Waals surface area contributed by atoms with E-state index in [0.29, 0.717) is 6.54 Å². The van der Waals surface area contributed by atoms with Crippen LogP contribution in [0.5, 0.6) is 0 Å². The van der Waals surface area contributed by atoms with E-state index in [1.165, 1.54) is 0 Å². The van der Waals surface area contributed by atoms with Gasteiger partial charge in [-0.25, -0.2) is 9.97 Å². The summed E-state index contributed by atoms with van der Waals surface area (Å²) in [5, 5.41) is 3.07. The van der Waals surface area contributed by atoms with E-state index < -0.39 is 0 Å². The van der Waals surface area contributed by atoms with Crippen molar-refractivity contribution in [2.75, 3.05) is 37.6 Å². The van der Waals surface area contributed by atoms with Crippen LogP contribution in [0.4, 0.5) is 5.95 Å². The lowest BCUT2D eigenvalue weighted by atomic mass is 10.1. The molecule has 6 heteroatoms. The number of anilines is 1. The molecular weight excluding hydrogens is 302 g/mol. The zero-order valence-corrected chi connectivity index (χ0v) is 13.9. The van der Waals surface area contributed by atoms with Gasteiger partial charge in [0.1, 0.15) is 0 Å². The second kappa shape index (κ2) is 7.88. The molecule has 0 radical (unpaired) electrons. The van der Waals surface area contributed by atoms with Crippen molar-refractivity contribution in [3.8, 4) is 0 Å². The molecule has 1 aromatic heterocycles. The lowest BCUT2D eigenvalue weighted by Gasteiger charge is -2.34. The number of nitrogens with one attached hydrogen (secondary N) is 1. The summed E-state index contributed by atoms with van der Waals surface area (Å²) in [5.41, 5.74) is 1.12. The number of hydrogen-bond acceptors (Lipinski definition) is 5. The number of rotatable bonds is 5. The fourth-order valence-electron chi connectivity index (χ4n) is 2.88. The molecule has 1 amide bonds. The number of benzene rings is 1. The van der Waals surface area contributed by atoms with Crippen LogP contribution in [0.3, 0.4) is 0 Å². The second-order valence-corrected chi connectivity index (χ2v) is 6.01. The Morgan fingerprint density at radius 2 is 1.75 bits per heavy atom. The van der Waals surface area contributed by atoms with Crippen molar-refractivity contribution in [3.05, 3.63) is 54.4 Å². The monoisotopic (exact) mass is 325 g/mol. The highest BCUT2D eigenvalue weighted by Crippen LogP contribution is 2.12. The van der Waals surface area contributed by atoms with Gasteiger partial charge < -0.3 is 10.2 Å².